The minimum Gasteiger partial charge on any atom is -0.382 e. The fourth-order valence-corrected chi connectivity index (χ4v) is 5.92. The van der Waals surface area contributed by atoms with Crippen LogP contribution in [0.1, 0.15) is 194 Å². The number of methoxy groups -OCH3 is 1. The lowest BCUT2D eigenvalue weighted by atomic mass is 9.98. The van der Waals surface area contributed by atoms with Crippen LogP contribution in [0, 0.1) is 0 Å². The molecule has 0 N–H and O–H groups in total. The molecule has 0 aromatic carbocycles. The number of nitrogens with zero attached hydrogens (tertiary/aromatic N) is 1. The molecule has 1 amide bonds. The Morgan fingerprint density at radius 1 is 0.512 bits per heavy atom. The maximum absolute atomic E-state index is 13.0. The van der Waals surface area contributed by atoms with Crippen LogP contribution in [-0.2, 0) is 14.3 Å². The Morgan fingerprint density at radius 3 is 1.24 bits per heavy atom. The molecule has 0 aliphatic carbocycles. The van der Waals surface area contributed by atoms with Gasteiger partial charge in [-0.15, -0.1) is 0 Å². The molecule has 0 aromatic rings. The van der Waals surface area contributed by atoms with Crippen molar-refractivity contribution in [2.75, 3.05) is 34.0 Å². The van der Waals surface area contributed by atoms with Crippen LogP contribution < -0.4 is 0 Å². The smallest absolute Gasteiger partial charge is 0.222 e. The van der Waals surface area contributed by atoms with E-state index in [0.29, 0.717) is 38.2 Å². The van der Waals surface area contributed by atoms with Crippen LogP contribution in [0.2, 0.25) is 0 Å². The first-order valence-electron chi connectivity index (χ1n) is 18.5. The van der Waals surface area contributed by atoms with Crippen LogP contribution in [0.4, 0.5) is 0 Å². The molecule has 0 aromatic heterocycles. The maximum atomic E-state index is 13.0. The average Bonchev–Trinajstić information content (AvgIpc) is 2.98. The average molecular weight is 582 g/mol. The van der Waals surface area contributed by atoms with Gasteiger partial charge in [0.05, 0.1) is 13.2 Å². The van der Waals surface area contributed by atoms with E-state index in [1.54, 1.807) is 7.11 Å². The molecule has 0 saturated heterocycles. The highest BCUT2D eigenvalue weighted by atomic mass is 16.5. The summed E-state index contributed by atoms with van der Waals surface area (Å²) < 4.78 is 10.6. The third-order valence-corrected chi connectivity index (χ3v) is 8.83. The monoisotopic (exact) mass is 582 g/mol. The van der Waals surface area contributed by atoms with Crippen LogP contribution >= 0.6 is 0 Å². The topological polar surface area (TPSA) is 38.8 Å². The van der Waals surface area contributed by atoms with Gasteiger partial charge in [-0.25, -0.2) is 0 Å². The number of rotatable bonds is 34. The zero-order chi connectivity index (χ0) is 30.1. The standard InChI is InChI=1S/C37H75NO3/c1-5-7-9-11-13-15-17-19-21-23-25-27-30-36(38(3)37(39)32-29-33-41-35-34-40-4)31-28-26-24-22-20-18-16-14-12-10-8-6-2/h36H,5-35H2,1-4H3. The van der Waals surface area contributed by atoms with E-state index in [1.165, 1.54) is 167 Å². The van der Waals surface area contributed by atoms with E-state index in [4.69, 9.17) is 9.47 Å². The van der Waals surface area contributed by atoms with E-state index in [2.05, 4.69) is 25.8 Å². The summed E-state index contributed by atoms with van der Waals surface area (Å²) in [6, 6.07) is 0.406. The van der Waals surface area contributed by atoms with Crippen molar-refractivity contribution in [3.8, 4) is 0 Å². The molecule has 0 unspecified atom stereocenters. The minimum absolute atomic E-state index is 0.295. The number of unbranched alkanes of at least 4 members (excludes halogenated alkanes) is 22. The van der Waals surface area contributed by atoms with Crippen molar-refractivity contribution in [2.45, 2.75) is 200 Å². The van der Waals surface area contributed by atoms with E-state index in [1.807, 2.05) is 0 Å². The van der Waals surface area contributed by atoms with Gasteiger partial charge in [-0.1, -0.05) is 168 Å². The van der Waals surface area contributed by atoms with Gasteiger partial charge in [0.1, 0.15) is 0 Å². The predicted molar refractivity (Wildman–Crippen MR) is 180 cm³/mol. The molecule has 4 heteroatoms. The number of hydrogen-bond acceptors (Lipinski definition) is 3. The van der Waals surface area contributed by atoms with Crippen molar-refractivity contribution in [1.82, 2.24) is 4.90 Å². The van der Waals surface area contributed by atoms with Crippen LogP contribution in [0.5, 0.6) is 0 Å². The van der Waals surface area contributed by atoms with Gasteiger partial charge in [0.25, 0.3) is 0 Å². The van der Waals surface area contributed by atoms with Crippen molar-refractivity contribution in [2.24, 2.45) is 0 Å². The SMILES string of the molecule is CCCCCCCCCCCCCCC(CCCCCCCCCCCCCC)N(C)C(=O)CCCOCCOC. The normalized spacial score (nSPS) is 11.5. The second kappa shape index (κ2) is 33.9. The Labute approximate surface area is 258 Å². The summed E-state index contributed by atoms with van der Waals surface area (Å²) >= 11 is 0. The summed E-state index contributed by atoms with van der Waals surface area (Å²) in [4.78, 5) is 15.0. The van der Waals surface area contributed by atoms with Crippen molar-refractivity contribution < 1.29 is 14.3 Å². The van der Waals surface area contributed by atoms with Crippen molar-refractivity contribution >= 4 is 5.91 Å². The van der Waals surface area contributed by atoms with Gasteiger partial charge in [0.2, 0.25) is 5.91 Å². The lowest BCUT2D eigenvalue weighted by Gasteiger charge is -2.29. The molecule has 0 heterocycles. The van der Waals surface area contributed by atoms with E-state index in [9.17, 15) is 4.79 Å². The number of ether oxygens (including phenoxy) is 2. The third-order valence-electron chi connectivity index (χ3n) is 8.83. The highest BCUT2D eigenvalue weighted by molar-refractivity contribution is 5.76. The van der Waals surface area contributed by atoms with E-state index in [0.717, 1.165) is 6.42 Å². The van der Waals surface area contributed by atoms with Gasteiger partial charge in [-0.2, -0.15) is 0 Å². The van der Waals surface area contributed by atoms with Gasteiger partial charge in [-0.3, -0.25) is 4.79 Å². The van der Waals surface area contributed by atoms with E-state index in [-0.39, 0.29) is 0 Å². The molecule has 0 fully saturated rings. The number of carbonyl (C=O) groups is 1. The highest BCUT2D eigenvalue weighted by Crippen LogP contribution is 2.20. The molecular formula is C37H75NO3. The fourth-order valence-electron chi connectivity index (χ4n) is 5.92. The zero-order valence-corrected chi connectivity index (χ0v) is 28.7. The minimum atomic E-state index is 0.295. The molecule has 246 valence electrons. The first-order valence-corrected chi connectivity index (χ1v) is 18.5. The lowest BCUT2D eigenvalue weighted by Crippen LogP contribution is -2.37. The van der Waals surface area contributed by atoms with Gasteiger partial charge < -0.3 is 14.4 Å². The Bertz CT molecular complexity index is 484. The summed E-state index contributed by atoms with van der Waals surface area (Å²) in [5, 5.41) is 0. The second-order valence-corrected chi connectivity index (χ2v) is 12.7. The van der Waals surface area contributed by atoms with Crippen LogP contribution in [0.3, 0.4) is 0 Å². The van der Waals surface area contributed by atoms with Crippen LogP contribution in [-0.4, -0.2) is 50.8 Å². The molecule has 0 aliphatic rings. The van der Waals surface area contributed by atoms with Gasteiger partial charge >= 0.3 is 0 Å². The number of hydrogen-bond donors (Lipinski definition) is 0. The van der Waals surface area contributed by atoms with Crippen molar-refractivity contribution in [3.05, 3.63) is 0 Å². The van der Waals surface area contributed by atoms with Crippen LogP contribution in [0.15, 0.2) is 0 Å². The molecule has 41 heavy (non-hydrogen) atoms. The largest absolute Gasteiger partial charge is 0.382 e. The van der Waals surface area contributed by atoms with Gasteiger partial charge in [-0.05, 0) is 19.3 Å². The Kier molecular flexibility index (Phi) is 33.4. The second-order valence-electron chi connectivity index (χ2n) is 12.7. The molecule has 0 radical (unpaired) electrons. The first kappa shape index (κ1) is 40.4. The molecule has 4 nitrogen and oxygen atoms in total. The summed E-state index contributed by atoms with van der Waals surface area (Å²) in [5.41, 5.74) is 0. The Hall–Kier alpha value is -0.610. The summed E-state index contributed by atoms with van der Waals surface area (Å²) in [6.07, 6.45) is 37.0. The molecule has 0 saturated carbocycles. The van der Waals surface area contributed by atoms with Crippen molar-refractivity contribution in [3.63, 3.8) is 0 Å². The van der Waals surface area contributed by atoms with Crippen LogP contribution in [0.25, 0.3) is 0 Å². The summed E-state index contributed by atoms with van der Waals surface area (Å²) in [5.74, 6) is 0.295. The fraction of sp³-hybridized carbons (Fsp3) is 0.973. The Balaban J connectivity index is 4.16. The van der Waals surface area contributed by atoms with Gasteiger partial charge in [0, 0.05) is 33.2 Å². The summed E-state index contributed by atoms with van der Waals surface area (Å²) in [6.45, 7) is 6.46. The van der Waals surface area contributed by atoms with E-state index >= 15 is 0 Å². The molecule has 0 aliphatic heterocycles. The van der Waals surface area contributed by atoms with Gasteiger partial charge in [0.15, 0.2) is 0 Å². The first-order chi connectivity index (χ1) is 20.2. The molecule has 0 bridgehead atoms. The highest BCUT2D eigenvalue weighted by Gasteiger charge is 2.19. The number of amides is 1. The maximum Gasteiger partial charge on any atom is 0.222 e. The van der Waals surface area contributed by atoms with Crippen molar-refractivity contribution in [1.29, 1.82) is 0 Å². The third kappa shape index (κ3) is 29.2. The molecule has 0 rings (SSSR count). The number of carbonyl (C=O) groups excluding carboxylic acids is 1. The zero-order valence-electron chi connectivity index (χ0n) is 28.7. The molecule has 0 atom stereocenters. The predicted octanol–water partition coefficient (Wildman–Crippen LogP) is 11.4. The van der Waals surface area contributed by atoms with E-state index < -0.39 is 0 Å². The summed E-state index contributed by atoms with van der Waals surface area (Å²) in [7, 11) is 3.74. The molecule has 0 spiro atoms. The Morgan fingerprint density at radius 2 is 0.878 bits per heavy atom. The lowest BCUT2D eigenvalue weighted by molar-refractivity contribution is -0.132. The quantitative estimate of drug-likeness (QED) is 0.0709. The molecular weight excluding hydrogens is 506 g/mol.